The predicted molar refractivity (Wildman–Crippen MR) is 419 cm³/mol. The quantitative estimate of drug-likeness (QED) is 0.0843. The van der Waals surface area contributed by atoms with E-state index >= 15 is 0 Å². The monoisotopic (exact) mass is 1280 g/mol. The Morgan fingerprint density at radius 2 is 0.722 bits per heavy atom. The maximum Gasteiger partial charge on any atom is 0.256 e. The Balaban J connectivity index is 0.922. The molecule has 0 amide bonds. The fourth-order valence-corrected chi connectivity index (χ4v) is 25.0. The molecule has 0 fully saturated rings. The molecule has 466 valence electrons. The average Bonchev–Trinajstić information content (AvgIpc) is 0.693. The first-order valence-corrected chi connectivity index (χ1v) is 37.7. The van der Waals surface area contributed by atoms with Crippen LogP contribution in [0.15, 0.2) is 352 Å². The lowest BCUT2D eigenvalue weighted by molar-refractivity contribution is 0.483. The normalized spacial score (nSPS) is 13.4. The number of hydrogen-bond acceptors (Lipinski definition) is 2. The van der Waals surface area contributed by atoms with E-state index in [9.17, 15) is 0 Å². The van der Waals surface area contributed by atoms with Gasteiger partial charge in [-0.1, -0.05) is 357 Å². The molecule has 0 radical (unpaired) electrons. The fraction of sp³-hybridized carbons (Fsp3) is 0.0870. The van der Waals surface area contributed by atoms with E-state index in [-0.39, 0.29) is 47.3 Å². The number of hydrogen-bond donors (Lipinski definition) is 0. The van der Waals surface area contributed by atoms with Crippen LogP contribution in [0.25, 0.3) is 44.5 Å². The van der Waals surface area contributed by atoms with E-state index < -0.39 is 22.2 Å². The molecule has 0 spiro atoms. The predicted octanol–water partition coefficient (Wildman–Crippen LogP) is 16.1. The molecule has 2 heterocycles. The second-order valence-electron chi connectivity index (χ2n) is 28.0. The van der Waals surface area contributed by atoms with E-state index in [1.54, 1.807) is 0 Å². The molecule has 0 bridgehead atoms. The lowest BCUT2D eigenvalue weighted by Crippen LogP contribution is -2.75. The van der Waals surface area contributed by atoms with Crippen molar-refractivity contribution in [3.05, 3.63) is 363 Å². The minimum absolute atomic E-state index is 0.130. The lowest BCUT2D eigenvalue weighted by atomic mass is 9.34. The third kappa shape index (κ3) is 10.7. The highest BCUT2D eigenvalue weighted by atomic mass is 28.3. The van der Waals surface area contributed by atoms with Crippen LogP contribution < -0.4 is 67.5 Å². The third-order valence-corrected chi connectivity index (χ3v) is 29.8. The largest absolute Gasteiger partial charge is 0.458 e. The summed E-state index contributed by atoms with van der Waals surface area (Å²) in [6, 6.07) is 117. The summed E-state index contributed by atoms with van der Waals surface area (Å²) in [6.07, 6.45) is 0. The summed E-state index contributed by atoms with van der Waals surface area (Å²) < 4.78 is 51.7. The molecule has 97 heavy (non-hydrogen) atoms. The van der Waals surface area contributed by atoms with Gasteiger partial charge in [0.2, 0.25) is 0 Å². The molecule has 2 aliphatic heterocycles. The van der Waals surface area contributed by atoms with Crippen LogP contribution in [0.5, 0.6) is 11.5 Å². The van der Waals surface area contributed by atoms with E-state index in [0.717, 1.165) is 82.5 Å². The van der Waals surface area contributed by atoms with Gasteiger partial charge in [-0.05, 0) is 155 Å². The smallest absolute Gasteiger partial charge is 0.256 e. The molecule has 0 saturated carbocycles. The number of fused-ring (bicyclic) bond motifs is 4. The van der Waals surface area contributed by atoms with Gasteiger partial charge in [-0.3, -0.25) is 0 Å². The van der Waals surface area contributed by atoms with Gasteiger partial charge >= 0.3 is 0 Å². The Kier molecular flexibility index (Phi) is 14.1. The van der Waals surface area contributed by atoms with Crippen LogP contribution >= 0.6 is 0 Å². The molecule has 14 aromatic rings. The van der Waals surface area contributed by atoms with Crippen molar-refractivity contribution in [2.75, 3.05) is 4.90 Å². The van der Waals surface area contributed by atoms with Gasteiger partial charge in [-0.25, -0.2) is 0 Å². The van der Waals surface area contributed by atoms with Crippen molar-refractivity contribution in [2.24, 2.45) is 0 Å². The first-order chi connectivity index (χ1) is 49.4. The Bertz CT molecular complexity index is 5410. The van der Waals surface area contributed by atoms with Gasteiger partial charge in [-0.15, -0.1) is 0 Å². The number of nitrogens with zero attached hydrogens (tertiary/aromatic N) is 1. The SMILES string of the molecule is [2H]c1c([2H])c([2H])c(-c2cccc([Si](c3ccccc3)(c3ccccc3)c3ccc(-c4ccc5c(c4)N(c4ccc(C(C)(C)C)cc4-c4ccccc4)c4cc(C(C)(C)C)cc6c4B5c4ccc([Si](c5ccccc5)(c5ccccc5)c5cccc(-c7ccccc7)c5)cc4O6)cc3)c2)c([2H])c1[2H]. The molecule has 5 heteroatoms. The zero-order valence-electron chi connectivity index (χ0n) is 60.5. The van der Waals surface area contributed by atoms with Crippen molar-refractivity contribution >= 4 is 97.8 Å². The second-order valence-corrected chi connectivity index (χ2v) is 35.6. The maximum atomic E-state index is 9.10. The van der Waals surface area contributed by atoms with E-state index in [4.69, 9.17) is 11.6 Å². The summed E-state index contributed by atoms with van der Waals surface area (Å²) in [5.41, 5.74) is 16.2. The van der Waals surface area contributed by atoms with E-state index in [1.165, 1.54) is 48.5 Å². The highest BCUT2D eigenvalue weighted by Gasteiger charge is 2.47. The van der Waals surface area contributed by atoms with Gasteiger partial charge in [-0.2, -0.15) is 0 Å². The highest BCUT2D eigenvalue weighted by Crippen LogP contribution is 2.48. The van der Waals surface area contributed by atoms with Gasteiger partial charge in [0.1, 0.15) is 11.5 Å². The van der Waals surface area contributed by atoms with Gasteiger partial charge in [0, 0.05) is 16.9 Å². The summed E-state index contributed by atoms with van der Waals surface area (Å²) in [5, 5.41) is 9.56. The molecule has 0 atom stereocenters. The highest BCUT2D eigenvalue weighted by molar-refractivity contribution is 7.20. The van der Waals surface area contributed by atoms with E-state index in [2.05, 4.69) is 356 Å². The number of benzene rings is 14. The van der Waals surface area contributed by atoms with Crippen molar-refractivity contribution in [3.8, 4) is 56.0 Å². The minimum atomic E-state index is -3.27. The molecule has 0 saturated heterocycles. The van der Waals surface area contributed by atoms with Crippen molar-refractivity contribution in [1.29, 1.82) is 0 Å². The molecule has 0 aromatic heterocycles. The molecule has 14 aromatic carbocycles. The molecule has 0 unspecified atom stereocenters. The first-order valence-electron chi connectivity index (χ1n) is 36.2. The second kappa shape index (κ2) is 24.7. The molecule has 2 nitrogen and oxygen atoms in total. The molecule has 2 aliphatic rings. The summed E-state index contributed by atoms with van der Waals surface area (Å²) >= 11 is 0. The Hall–Kier alpha value is -10.8. The molecule has 0 N–H and O–H groups in total. The number of ether oxygens (including phenoxy) is 1. The van der Waals surface area contributed by atoms with Crippen molar-refractivity contribution in [2.45, 2.75) is 52.4 Å². The van der Waals surface area contributed by atoms with Crippen LogP contribution in [0.4, 0.5) is 17.1 Å². The summed E-state index contributed by atoms with van der Waals surface area (Å²) in [7, 11) is -6.40. The van der Waals surface area contributed by atoms with E-state index in [0.29, 0.717) is 5.56 Å². The van der Waals surface area contributed by atoms with Crippen molar-refractivity contribution in [3.63, 3.8) is 0 Å². The molecular formula is C92H76BNOSi2. The van der Waals surface area contributed by atoms with Gasteiger partial charge in [0.25, 0.3) is 6.71 Å². The van der Waals surface area contributed by atoms with Crippen LogP contribution in [0.1, 0.15) is 59.5 Å². The van der Waals surface area contributed by atoms with Crippen LogP contribution in [0.2, 0.25) is 0 Å². The first kappa shape index (κ1) is 55.5. The maximum absolute atomic E-state index is 9.10. The van der Waals surface area contributed by atoms with Gasteiger partial charge < -0.3 is 9.64 Å². The third-order valence-electron chi connectivity index (χ3n) is 20.2. The van der Waals surface area contributed by atoms with Crippen LogP contribution in [-0.4, -0.2) is 22.9 Å². The molecular weight excluding hydrogens is 1200 g/mol. The van der Waals surface area contributed by atoms with Gasteiger partial charge in [0.15, 0.2) is 16.1 Å². The standard InChI is InChI=1S/C92H76BNOSi2/c1-91(2,3)72-51-57-85(82(61-72)68-34-18-9-19-35-68)94-86-60-71(67-48-52-78(53-49-67)96(74-38-20-10-21-39-74,75-40-22-11-23-41-75)79-46-28-36-69(58-79)65-30-14-7-15-31-65)50-55-83(86)93-84-56-54-81(64-88(84)95-89-63-73(92(4,5)6)62-87(94)90(89)93)97(76-42-24-12-25-43-76,77-44-26-13-27-45-77)80-47-29-37-70(59-80)66-32-16-8-17-33-66/h7-64H,1-6H3/i7D,14D,15D,30D,31D. The van der Waals surface area contributed by atoms with Gasteiger partial charge in [0.05, 0.1) is 12.5 Å². The minimum Gasteiger partial charge on any atom is -0.458 e. The summed E-state index contributed by atoms with van der Waals surface area (Å²) in [6.45, 7) is 13.6. The molecule has 16 rings (SSSR count). The summed E-state index contributed by atoms with van der Waals surface area (Å²) in [4.78, 5) is 2.54. The lowest BCUT2D eigenvalue weighted by Gasteiger charge is -2.42. The van der Waals surface area contributed by atoms with Crippen LogP contribution in [-0.2, 0) is 10.8 Å². The number of rotatable bonds is 13. The Morgan fingerprint density at radius 1 is 0.299 bits per heavy atom. The van der Waals surface area contributed by atoms with Crippen LogP contribution in [0, 0.1) is 0 Å². The Labute approximate surface area is 582 Å². The zero-order valence-corrected chi connectivity index (χ0v) is 57.5. The van der Waals surface area contributed by atoms with Crippen LogP contribution in [0.3, 0.4) is 0 Å². The Morgan fingerprint density at radius 3 is 1.27 bits per heavy atom. The average molecular weight is 1280 g/mol. The van der Waals surface area contributed by atoms with Crippen molar-refractivity contribution in [1.82, 2.24) is 0 Å². The molecule has 0 aliphatic carbocycles. The zero-order chi connectivity index (χ0) is 70.2. The van der Waals surface area contributed by atoms with Crippen molar-refractivity contribution < 1.29 is 11.6 Å². The topological polar surface area (TPSA) is 12.5 Å². The van der Waals surface area contributed by atoms with E-state index in [1.807, 2.05) is 12.1 Å². The summed E-state index contributed by atoms with van der Waals surface area (Å²) in [5.74, 6) is 1.71. The fourth-order valence-electron chi connectivity index (χ4n) is 15.4. The number of anilines is 3.